The lowest BCUT2D eigenvalue weighted by Gasteiger charge is -2.08. The Balaban J connectivity index is 2.49. The van der Waals surface area contributed by atoms with E-state index in [0.29, 0.717) is 42.4 Å². The van der Waals surface area contributed by atoms with E-state index in [1.54, 1.807) is 6.08 Å². The average molecular weight is 328 g/mol. The number of rotatable bonds is 9. The number of nitrogens with zero attached hydrogens (tertiary/aromatic N) is 3. The molecule has 1 rings (SSSR count). The summed E-state index contributed by atoms with van der Waals surface area (Å²) < 4.78 is 0. The monoisotopic (exact) mass is 328 g/mol. The van der Waals surface area contributed by atoms with E-state index in [9.17, 15) is 4.79 Å². The van der Waals surface area contributed by atoms with Crippen molar-refractivity contribution in [2.24, 2.45) is 0 Å². The van der Waals surface area contributed by atoms with Crippen LogP contribution < -0.4 is 16.0 Å². The molecule has 7 nitrogen and oxygen atoms in total. The Kier molecular flexibility index (Phi) is 8.60. The van der Waals surface area contributed by atoms with Gasteiger partial charge < -0.3 is 16.0 Å². The van der Waals surface area contributed by atoms with Gasteiger partial charge in [-0.2, -0.15) is 15.0 Å². The second-order valence-corrected chi connectivity index (χ2v) is 5.57. The van der Waals surface area contributed by atoms with Crippen LogP contribution in [-0.4, -0.2) is 51.8 Å². The van der Waals surface area contributed by atoms with Gasteiger partial charge in [-0.3, -0.25) is 4.79 Å². The van der Waals surface area contributed by atoms with Crippen LogP contribution >= 0.6 is 23.5 Å². The maximum atomic E-state index is 11.3. The second-order valence-electron chi connectivity index (χ2n) is 3.73. The van der Waals surface area contributed by atoms with Crippen molar-refractivity contribution in [3.05, 3.63) is 12.7 Å². The summed E-state index contributed by atoms with van der Waals surface area (Å²) in [4.78, 5) is 24.1. The minimum Gasteiger partial charge on any atom is -0.353 e. The molecule has 0 spiro atoms. The summed E-state index contributed by atoms with van der Waals surface area (Å²) in [6.45, 7) is 7.36. The van der Waals surface area contributed by atoms with Gasteiger partial charge in [0.25, 0.3) is 5.24 Å². The van der Waals surface area contributed by atoms with E-state index < -0.39 is 0 Å². The molecule has 1 aromatic heterocycles. The maximum absolute atomic E-state index is 11.3. The highest BCUT2D eigenvalue weighted by Gasteiger charge is 2.05. The molecule has 0 aromatic carbocycles. The SMILES string of the molecule is C=CCNc1nc(NCCSC(=O)NCC)nc(SC)n1. The van der Waals surface area contributed by atoms with Crippen molar-refractivity contribution in [1.29, 1.82) is 0 Å². The molecular weight excluding hydrogens is 308 g/mol. The normalized spacial score (nSPS) is 10.0. The molecule has 0 unspecified atom stereocenters. The molecule has 0 aliphatic carbocycles. The zero-order chi connectivity index (χ0) is 15.5. The van der Waals surface area contributed by atoms with Crippen molar-refractivity contribution >= 4 is 40.7 Å². The second kappa shape index (κ2) is 10.3. The van der Waals surface area contributed by atoms with Crippen LogP contribution in [0.3, 0.4) is 0 Å². The number of hydrogen-bond donors (Lipinski definition) is 3. The summed E-state index contributed by atoms with van der Waals surface area (Å²) in [5.41, 5.74) is 0. The van der Waals surface area contributed by atoms with Gasteiger partial charge in [0.1, 0.15) is 0 Å². The van der Waals surface area contributed by atoms with E-state index in [0.717, 1.165) is 0 Å². The molecule has 0 radical (unpaired) electrons. The number of carbonyl (C=O) groups is 1. The molecule has 1 heterocycles. The van der Waals surface area contributed by atoms with Crippen molar-refractivity contribution < 1.29 is 4.79 Å². The van der Waals surface area contributed by atoms with Gasteiger partial charge in [0.2, 0.25) is 11.9 Å². The van der Waals surface area contributed by atoms with Crippen LogP contribution in [0.1, 0.15) is 6.92 Å². The van der Waals surface area contributed by atoms with Gasteiger partial charge in [-0.1, -0.05) is 29.6 Å². The Bertz CT molecular complexity index is 471. The van der Waals surface area contributed by atoms with Gasteiger partial charge in [0.15, 0.2) is 5.16 Å². The molecular formula is C12H20N6OS2. The summed E-state index contributed by atoms with van der Waals surface area (Å²) in [7, 11) is 0. The first kappa shape index (κ1) is 17.6. The van der Waals surface area contributed by atoms with Crippen LogP contribution in [0, 0.1) is 0 Å². The molecule has 0 aliphatic rings. The molecule has 116 valence electrons. The van der Waals surface area contributed by atoms with E-state index in [4.69, 9.17) is 0 Å². The van der Waals surface area contributed by atoms with Crippen LogP contribution in [0.2, 0.25) is 0 Å². The molecule has 1 aromatic rings. The highest BCUT2D eigenvalue weighted by atomic mass is 32.2. The predicted molar refractivity (Wildman–Crippen MR) is 90.3 cm³/mol. The van der Waals surface area contributed by atoms with E-state index in [2.05, 4.69) is 37.5 Å². The molecule has 0 fully saturated rings. The van der Waals surface area contributed by atoms with Crippen molar-refractivity contribution in [2.75, 3.05) is 42.3 Å². The predicted octanol–water partition coefficient (Wildman–Crippen LogP) is 2.07. The Hall–Kier alpha value is -1.48. The van der Waals surface area contributed by atoms with Crippen LogP contribution in [0.4, 0.5) is 16.7 Å². The fourth-order valence-corrected chi connectivity index (χ4v) is 2.26. The average Bonchev–Trinajstić information content (AvgIpc) is 2.49. The summed E-state index contributed by atoms with van der Waals surface area (Å²) >= 11 is 2.67. The number of hydrogen-bond acceptors (Lipinski definition) is 8. The molecule has 9 heteroatoms. The maximum Gasteiger partial charge on any atom is 0.279 e. The van der Waals surface area contributed by atoms with E-state index in [-0.39, 0.29) is 5.24 Å². The molecule has 1 amide bonds. The zero-order valence-electron chi connectivity index (χ0n) is 12.2. The van der Waals surface area contributed by atoms with Crippen LogP contribution in [0.15, 0.2) is 17.8 Å². The summed E-state index contributed by atoms with van der Waals surface area (Å²) in [5.74, 6) is 1.65. The van der Waals surface area contributed by atoms with Crippen molar-refractivity contribution in [1.82, 2.24) is 20.3 Å². The van der Waals surface area contributed by atoms with Gasteiger partial charge >= 0.3 is 0 Å². The zero-order valence-corrected chi connectivity index (χ0v) is 13.8. The number of carbonyl (C=O) groups excluding carboxylic acids is 1. The third-order valence-corrected chi connectivity index (χ3v) is 3.50. The molecule has 0 aliphatic heterocycles. The van der Waals surface area contributed by atoms with Crippen LogP contribution in [-0.2, 0) is 0 Å². The summed E-state index contributed by atoms with van der Waals surface area (Å²) in [6.07, 6.45) is 3.64. The van der Waals surface area contributed by atoms with E-state index in [1.807, 2.05) is 13.2 Å². The first-order valence-corrected chi connectivity index (χ1v) is 8.70. The van der Waals surface area contributed by atoms with E-state index in [1.165, 1.54) is 23.5 Å². The molecule has 3 N–H and O–H groups in total. The molecule has 0 bridgehead atoms. The fraction of sp³-hybridized carbons (Fsp3) is 0.500. The van der Waals surface area contributed by atoms with Crippen molar-refractivity contribution in [3.63, 3.8) is 0 Å². The number of anilines is 2. The Morgan fingerprint density at radius 3 is 2.62 bits per heavy atom. The van der Waals surface area contributed by atoms with Gasteiger partial charge in [-0.05, 0) is 13.2 Å². The molecule has 0 saturated heterocycles. The lowest BCUT2D eigenvalue weighted by Crippen LogP contribution is -2.19. The minimum absolute atomic E-state index is 0.0203. The standard InChI is InChI=1S/C12H20N6OS2/c1-4-6-14-9-16-10(18-11(17-9)20-3)15-7-8-21-12(19)13-5-2/h4H,1,5-8H2,2-3H3,(H,13,19)(H2,14,15,16,17,18). The number of aromatic nitrogens is 3. The Morgan fingerprint density at radius 1 is 1.29 bits per heavy atom. The lowest BCUT2D eigenvalue weighted by molar-refractivity contribution is 0.261. The van der Waals surface area contributed by atoms with Crippen LogP contribution in [0.25, 0.3) is 0 Å². The Labute approximate surface area is 133 Å². The fourth-order valence-electron chi connectivity index (χ4n) is 1.27. The molecule has 0 saturated carbocycles. The summed E-state index contributed by atoms with van der Waals surface area (Å²) in [5, 5.41) is 9.46. The smallest absolute Gasteiger partial charge is 0.279 e. The van der Waals surface area contributed by atoms with E-state index >= 15 is 0 Å². The Morgan fingerprint density at radius 2 is 2.00 bits per heavy atom. The first-order valence-electron chi connectivity index (χ1n) is 6.49. The highest BCUT2D eigenvalue weighted by molar-refractivity contribution is 8.13. The molecule has 21 heavy (non-hydrogen) atoms. The van der Waals surface area contributed by atoms with Gasteiger partial charge in [0, 0.05) is 25.4 Å². The lowest BCUT2D eigenvalue weighted by atomic mass is 10.6. The first-order chi connectivity index (χ1) is 10.2. The number of nitrogens with one attached hydrogen (secondary N) is 3. The quantitative estimate of drug-likeness (QED) is 0.360. The molecule has 0 atom stereocenters. The van der Waals surface area contributed by atoms with Crippen molar-refractivity contribution in [2.45, 2.75) is 12.1 Å². The highest BCUT2D eigenvalue weighted by Crippen LogP contribution is 2.13. The summed E-state index contributed by atoms with van der Waals surface area (Å²) in [6, 6.07) is 0. The minimum atomic E-state index is -0.0203. The third kappa shape index (κ3) is 7.19. The van der Waals surface area contributed by atoms with Crippen LogP contribution in [0.5, 0.6) is 0 Å². The van der Waals surface area contributed by atoms with Gasteiger partial charge in [0.05, 0.1) is 0 Å². The number of thioether (sulfide) groups is 2. The van der Waals surface area contributed by atoms with Crippen molar-refractivity contribution in [3.8, 4) is 0 Å². The van der Waals surface area contributed by atoms with Gasteiger partial charge in [-0.25, -0.2) is 0 Å². The largest absolute Gasteiger partial charge is 0.353 e. The number of amides is 1. The van der Waals surface area contributed by atoms with Gasteiger partial charge in [-0.15, -0.1) is 6.58 Å². The topological polar surface area (TPSA) is 91.8 Å². The third-order valence-electron chi connectivity index (χ3n) is 2.14.